The Morgan fingerprint density at radius 2 is 1.06 bits per heavy atom. The predicted molar refractivity (Wildman–Crippen MR) is 108 cm³/mol. The molecule has 0 aliphatic heterocycles. The number of likely N-dealkylation sites (N-methyl/N-ethyl adjacent to an activating group) is 1. The fourth-order valence-corrected chi connectivity index (χ4v) is 2.00. The van der Waals surface area contributed by atoms with Gasteiger partial charge in [-0.3, -0.25) is 9.74 Å². The maximum Gasteiger partial charge on any atom is 0.351 e. The molecule has 0 unspecified atom stereocenters. The molecule has 0 atom stereocenters. The molecule has 0 bridgehead atoms. The molecule has 0 saturated heterocycles. The first-order valence-electron chi connectivity index (χ1n) is 10.3. The van der Waals surface area contributed by atoms with Gasteiger partial charge in [0.1, 0.15) is 0 Å². The van der Waals surface area contributed by atoms with Crippen LogP contribution in [0.4, 0.5) is 4.53 Å². The van der Waals surface area contributed by atoms with Crippen LogP contribution < -0.4 is 5.32 Å². The van der Waals surface area contributed by atoms with Crippen molar-refractivity contribution < 1.29 is 47.5 Å². The van der Waals surface area contributed by atoms with Crippen molar-refractivity contribution in [3.05, 3.63) is 0 Å². The van der Waals surface area contributed by atoms with Gasteiger partial charge in [-0.05, 0) is 14.1 Å². The van der Waals surface area contributed by atoms with Crippen molar-refractivity contribution in [3.8, 4) is 0 Å². The molecule has 0 aromatic heterocycles. The summed E-state index contributed by atoms with van der Waals surface area (Å²) in [4.78, 5) is 26.7. The number of amides is 1. The lowest BCUT2D eigenvalue weighted by atomic mass is 10.5. The van der Waals surface area contributed by atoms with E-state index < -0.39 is 5.97 Å². The Labute approximate surface area is 183 Å². The molecular weight excluding hydrogens is 419 g/mol. The highest BCUT2D eigenvalue weighted by Crippen LogP contribution is 1.89. The van der Waals surface area contributed by atoms with Crippen molar-refractivity contribution in [2.45, 2.75) is 6.42 Å². The van der Waals surface area contributed by atoms with Gasteiger partial charge in [-0.15, -0.1) is 0 Å². The van der Waals surface area contributed by atoms with Crippen LogP contribution in [0.2, 0.25) is 0 Å². The number of nitrogens with zero attached hydrogens (tertiary/aromatic N) is 1. The summed E-state index contributed by atoms with van der Waals surface area (Å²) >= 11 is 0. The lowest BCUT2D eigenvalue weighted by Crippen LogP contribution is -2.35. The summed E-state index contributed by atoms with van der Waals surface area (Å²) in [6, 6.07) is 0. The Morgan fingerprint density at radius 3 is 1.45 bits per heavy atom. The number of carbonyl (C=O) groups is 2. The first-order valence-corrected chi connectivity index (χ1v) is 10.3. The molecule has 31 heavy (non-hydrogen) atoms. The molecule has 0 aliphatic rings. The molecule has 0 radical (unpaired) electrons. The monoisotopic (exact) mass is 456 g/mol. The zero-order valence-corrected chi connectivity index (χ0v) is 18.6. The van der Waals surface area contributed by atoms with E-state index in [4.69, 9.17) is 28.4 Å². The number of hydrogen-bond donors (Lipinski definition) is 1. The Balaban J connectivity index is 3.09. The van der Waals surface area contributed by atoms with E-state index in [1.165, 1.54) is 0 Å². The van der Waals surface area contributed by atoms with E-state index >= 15 is 0 Å². The molecule has 12 heteroatoms. The molecule has 0 aromatic rings. The number of hydrogen-bond acceptors (Lipinski definition) is 10. The lowest BCUT2D eigenvalue weighted by Gasteiger charge is -2.10. The fourth-order valence-electron chi connectivity index (χ4n) is 2.00. The summed E-state index contributed by atoms with van der Waals surface area (Å²) in [5.41, 5.74) is 0. The smallest absolute Gasteiger partial charge is 0.351 e. The second-order valence-corrected chi connectivity index (χ2v) is 6.46. The molecule has 0 fully saturated rings. The van der Waals surface area contributed by atoms with E-state index in [9.17, 15) is 14.1 Å². The van der Waals surface area contributed by atoms with Crippen molar-refractivity contribution in [2.75, 3.05) is 106 Å². The predicted octanol–water partition coefficient (Wildman–Crippen LogP) is -0.418. The van der Waals surface area contributed by atoms with E-state index in [0.29, 0.717) is 85.8 Å². The third-order valence-corrected chi connectivity index (χ3v) is 3.43. The third kappa shape index (κ3) is 24.7. The van der Waals surface area contributed by atoms with Gasteiger partial charge in [-0.2, -0.15) is 0 Å². The van der Waals surface area contributed by atoms with Crippen LogP contribution in [0.1, 0.15) is 6.42 Å². The van der Waals surface area contributed by atoms with Crippen LogP contribution in [0, 0.1) is 0 Å². The molecule has 1 amide bonds. The minimum Gasteiger partial charge on any atom is -0.378 e. The normalized spacial score (nSPS) is 11.1. The molecule has 0 saturated carbocycles. The molecule has 0 spiro atoms. The van der Waals surface area contributed by atoms with Crippen LogP contribution in [-0.2, 0) is 43.0 Å². The summed E-state index contributed by atoms with van der Waals surface area (Å²) < 4.78 is 43.2. The van der Waals surface area contributed by atoms with E-state index in [2.05, 4.69) is 10.3 Å². The van der Waals surface area contributed by atoms with Crippen molar-refractivity contribution >= 4 is 11.9 Å². The average molecular weight is 457 g/mol. The zero-order chi connectivity index (χ0) is 23.0. The van der Waals surface area contributed by atoms with Gasteiger partial charge in [0, 0.05) is 11.1 Å². The minimum absolute atomic E-state index is 0.0261. The third-order valence-electron chi connectivity index (χ3n) is 3.43. The van der Waals surface area contributed by atoms with Crippen LogP contribution in [0.3, 0.4) is 0 Å². The molecule has 0 heterocycles. The van der Waals surface area contributed by atoms with Gasteiger partial charge in [0.2, 0.25) is 5.91 Å². The quantitative estimate of drug-likeness (QED) is 0.203. The largest absolute Gasteiger partial charge is 0.378 e. The van der Waals surface area contributed by atoms with Crippen LogP contribution in [0.25, 0.3) is 0 Å². The van der Waals surface area contributed by atoms with Crippen LogP contribution in [0.15, 0.2) is 0 Å². The molecule has 1 N–H and O–H groups in total. The number of carbonyl (C=O) groups excluding carboxylic acids is 2. The van der Waals surface area contributed by atoms with Crippen molar-refractivity contribution in [2.24, 2.45) is 0 Å². The first kappa shape index (κ1) is 29.6. The van der Waals surface area contributed by atoms with E-state index in [-0.39, 0.29) is 18.9 Å². The maximum absolute atomic E-state index is 11.4. The Hall–Kier alpha value is -1.41. The molecule has 0 aliphatic carbocycles. The summed E-state index contributed by atoms with van der Waals surface area (Å²) in [7, 11) is 3.68. The highest BCUT2D eigenvalue weighted by molar-refractivity contribution is 5.77. The second-order valence-electron chi connectivity index (χ2n) is 6.46. The van der Waals surface area contributed by atoms with Gasteiger partial charge in [0.15, 0.2) is 0 Å². The fraction of sp³-hybridized carbons (Fsp3) is 0.895. The Morgan fingerprint density at radius 1 is 0.677 bits per heavy atom. The van der Waals surface area contributed by atoms with E-state index in [1.54, 1.807) is 4.90 Å². The molecule has 0 rings (SSSR count). The SMILES string of the molecule is CN(C)CC(=O)NCCOCCOCCOCCOCCOCCOCCC(=O)OF. The number of halogens is 1. The average Bonchev–Trinajstić information content (AvgIpc) is 2.74. The molecule has 184 valence electrons. The number of nitrogens with one attached hydrogen (secondary N) is 1. The second kappa shape index (κ2) is 23.3. The van der Waals surface area contributed by atoms with Crippen molar-refractivity contribution in [3.63, 3.8) is 0 Å². The zero-order valence-electron chi connectivity index (χ0n) is 18.6. The maximum atomic E-state index is 11.4. The number of rotatable bonds is 23. The summed E-state index contributed by atoms with van der Waals surface area (Å²) in [5.74, 6) is -0.978. The van der Waals surface area contributed by atoms with Crippen LogP contribution in [-0.4, -0.2) is 123 Å². The van der Waals surface area contributed by atoms with Crippen LogP contribution in [0.5, 0.6) is 0 Å². The summed E-state index contributed by atoms with van der Waals surface area (Å²) in [6.07, 6.45) is -0.128. The van der Waals surface area contributed by atoms with Crippen molar-refractivity contribution in [1.82, 2.24) is 10.2 Å². The van der Waals surface area contributed by atoms with Crippen molar-refractivity contribution in [1.29, 1.82) is 0 Å². The molecular formula is C19H37FN2O9. The van der Waals surface area contributed by atoms with Gasteiger partial charge in [0.05, 0.1) is 92.2 Å². The Kier molecular flexibility index (Phi) is 22.2. The van der Waals surface area contributed by atoms with E-state index in [1.807, 2.05) is 14.1 Å². The molecule has 0 aromatic carbocycles. The highest BCUT2D eigenvalue weighted by atomic mass is 19.3. The van der Waals surface area contributed by atoms with Gasteiger partial charge in [-0.1, -0.05) is 0 Å². The highest BCUT2D eigenvalue weighted by Gasteiger charge is 2.02. The Bertz CT molecular complexity index is 431. The topological polar surface area (TPSA) is 114 Å². The van der Waals surface area contributed by atoms with Gasteiger partial charge < -0.3 is 38.6 Å². The summed E-state index contributed by atoms with van der Waals surface area (Å²) in [6.45, 7) is 5.66. The van der Waals surface area contributed by atoms with Gasteiger partial charge in [0.25, 0.3) is 0 Å². The summed E-state index contributed by atoms with van der Waals surface area (Å²) in [5, 5.41) is 2.76. The lowest BCUT2D eigenvalue weighted by molar-refractivity contribution is -0.184. The first-order chi connectivity index (χ1) is 15.1. The minimum atomic E-state index is -0.952. The molecule has 11 nitrogen and oxygen atoms in total. The van der Waals surface area contributed by atoms with Crippen LogP contribution >= 0.6 is 0 Å². The van der Waals surface area contributed by atoms with E-state index in [0.717, 1.165) is 0 Å². The van der Waals surface area contributed by atoms with Gasteiger partial charge >= 0.3 is 5.97 Å². The number of ether oxygens (including phenoxy) is 6. The standard InChI is InChI=1S/C19H37FN2O9/c1-22(2)17-18(23)21-4-6-26-8-10-28-12-14-30-16-15-29-13-11-27-9-7-25-5-3-19(24)31-20/h3-17H2,1-2H3,(H,21,23). The van der Waals surface area contributed by atoms with Gasteiger partial charge in [-0.25, -0.2) is 4.79 Å².